The summed E-state index contributed by atoms with van der Waals surface area (Å²) in [6, 6.07) is 7.78. The normalized spacial score (nSPS) is 13.9. The molecule has 2 aromatic heterocycles. The molecule has 1 N–H and O–H groups in total. The van der Waals surface area contributed by atoms with Gasteiger partial charge in [0.25, 0.3) is 5.91 Å². The molecular weight excluding hydrogens is 340 g/mol. The largest absolute Gasteiger partial charge is 0.466 e. The van der Waals surface area contributed by atoms with Crippen molar-refractivity contribution in [1.29, 1.82) is 0 Å². The van der Waals surface area contributed by atoms with Crippen LogP contribution in [0.25, 0.3) is 11.4 Å². The van der Waals surface area contributed by atoms with Gasteiger partial charge in [0, 0.05) is 29.8 Å². The van der Waals surface area contributed by atoms with Crippen LogP contribution in [0.1, 0.15) is 52.5 Å². The fraction of sp³-hybridized carbons (Fsp3) is 0.381. The molecule has 0 radical (unpaired) electrons. The first-order chi connectivity index (χ1) is 13.0. The van der Waals surface area contributed by atoms with Gasteiger partial charge in [-0.1, -0.05) is 6.42 Å². The Bertz CT molecular complexity index is 983. The molecular formula is C21H24N4O2. The Morgan fingerprint density at radius 1 is 1.04 bits per heavy atom. The molecule has 0 fully saturated rings. The Morgan fingerprint density at radius 2 is 1.81 bits per heavy atom. The van der Waals surface area contributed by atoms with E-state index in [4.69, 9.17) is 4.42 Å². The van der Waals surface area contributed by atoms with Gasteiger partial charge in [0.15, 0.2) is 5.82 Å². The highest BCUT2D eigenvalue weighted by Crippen LogP contribution is 2.25. The van der Waals surface area contributed by atoms with E-state index in [1.807, 2.05) is 45.0 Å². The van der Waals surface area contributed by atoms with E-state index >= 15 is 0 Å². The summed E-state index contributed by atoms with van der Waals surface area (Å²) >= 11 is 0. The van der Waals surface area contributed by atoms with Crippen molar-refractivity contribution in [2.24, 2.45) is 0 Å². The van der Waals surface area contributed by atoms with Crippen LogP contribution in [0.3, 0.4) is 0 Å². The number of anilines is 1. The molecule has 1 aliphatic rings. The standard InChI is InChI=1S/C21H24N4O2/c1-13-14(2)27-15(3)19(13)21(26)22-17-10-8-16(9-11-17)20-24-23-18-7-5-4-6-12-25(18)20/h8-11H,4-7,12H2,1-3H3,(H,22,26). The second kappa shape index (κ2) is 7.02. The van der Waals surface area contributed by atoms with Crippen LogP contribution in [0.4, 0.5) is 5.69 Å². The molecule has 3 aromatic rings. The Balaban J connectivity index is 1.55. The van der Waals surface area contributed by atoms with Crippen molar-refractivity contribution in [3.8, 4) is 11.4 Å². The number of aromatic nitrogens is 3. The highest BCUT2D eigenvalue weighted by atomic mass is 16.3. The molecule has 0 atom stereocenters. The van der Waals surface area contributed by atoms with Gasteiger partial charge in [-0.15, -0.1) is 10.2 Å². The molecule has 3 heterocycles. The number of amides is 1. The van der Waals surface area contributed by atoms with Crippen LogP contribution >= 0.6 is 0 Å². The summed E-state index contributed by atoms with van der Waals surface area (Å²) in [7, 11) is 0. The van der Waals surface area contributed by atoms with Crippen molar-refractivity contribution >= 4 is 11.6 Å². The van der Waals surface area contributed by atoms with Crippen LogP contribution in [0.15, 0.2) is 28.7 Å². The number of aryl methyl sites for hydroxylation is 3. The van der Waals surface area contributed by atoms with Crippen LogP contribution in [0.5, 0.6) is 0 Å². The van der Waals surface area contributed by atoms with Crippen molar-refractivity contribution < 1.29 is 9.21 Å². The molecule has 0 spiro atoms. The first kappa shape index (κ1) is 17.5. The van der Waals surface area contributed by atoms with Crippen molar-refractivity contribution in [1.82, 2.24) is 14.8 Å². The van der Waals surface area contributed by atoms with Crippen molar-refractivity contribution in [2.75, 3.05) is 5.32 Å². The van der Waals surface area contributed by atoms with E-state index in [1.54, 1.807) is 0 Å². The number of furan rings is 1. The zero-order valence-corrected chi connectivity index (χ0v) is 16.0. The number of benzene rings is 1. The molecule has 27 heavy (non-hydrogen) atoms. The third-order valence-electron chi connectivity index (χ3n) is 5.30. The average Bonchev–Trinajstić information content (AvgIpc) is 3.05. The van der Waals surface area contributed by atoms with E-state index in [0.29, 0.717) is 11.3 Å². The quantitative estimate of drug-likeness (QED) is 0.745. The summed E-state index contributed by atoms with van der Waals surface area (Å²) in [6.45, 7) is 6.56. The van der Waals surface area contributed by atoms with E-state index in [2.05, 4.69) is 20.1 Å². The molecule has 0 aliphatic carbocycles. The van der Waals surface area contributed by atoms with Gasteiger partial charge in [0.1, 0.15) is 17.3 Å². The van der Waals surface area contributed by atoms with Crippen molar-refractivity contribution in [2.45, 2.75) is 53.0 Å². The molecule has 140 valence electrons. The van der Waals surface area contributed by atoms with E-state index in [0.717, 1.165) is 53.6 Å². The van der Waals surface area contributed by atoms with Crippen molar-refractivity contribution in [3.05, 3.63) is 52.7 Å². The van der Waals surface area contributed by atoms with Crippen LogP contribution in [-0.2, 0) is 13.0 Å². The molecule has 6 nitrogen and oxygen atoms in total. The third-order valence-corrected chi connectivity index (χ3v) is 5.30. The van der Waals surface area contributed by atoms with Gasteiger partial charge in [0.05, 0.1) is 5.56 Å². The van der Waals surface area contributed by atoms with Gasteiger partial charge in [-0.3, -0.25) is 4.79 Å². The molecule has 1 aromatic carbocycles. The number of hydrogen-bond acceptors (Lipinski definition) is 4. The van der Waals surface area contributed by atoms with E-state index < -0.39 is 0 Å². The number of hydrogen-bond donors (Lipinski definition) is 1. The van der Waals surface area contributed by atoms with Crippen LogP contribution in [0, 0.1) is 20.8 Å². The number of carbonyl (C=O) groups excluding carboxylic acids is 1. The fourth-order valence-electron chi connectivity index (χ4n) is 3.72. The second-order valence-electron chi connectivity index (χ2n) is 7.15. The summed E-state index contributed by atoms with van der Waals surface area (Å²) in [5, 5.41) is 11.7. The fourth-order valence-corrected chi connectivity index (χ4v) is 3.72. The molecule has 4 rings (SSSR count). The SMILES string of the molecule is Cc1oc(C)c(C(=O)Nc2ccc(-c3nnc4n3CCCCC4)cc2)c1C. The van der Waals surface area contributed by atoms with Gasteiger partial charge in [-0.2, -0.15) is 0 Å². The molecule has 0 bridgehead atoms. The monoisotopic (exact) mass is 364 g/mol. The van der Waals surface area contributed by atoms with E-state index in [9.17, 15) is 4.79 Å². The molecule has 0 saturated heterocycles. The summed E-state index contributed by atoms with van der Waals surface area (Å²) in [6.07, 6.45) is 4.56. The van der Waals surface area contributed by atoms with Gasteiger partial charge in [-0.25, -0.2) is 0 Å². The van der Waals surface area contributed by atoms with Gasteiger partial charge < -0.3 is 14.3 Å². The van der Waals surface area contributed by atoms with E-state index in [-0.39, 0.29) is 5.91 Å². The van der Waals surface area contributed by atoms with Crippen LogP contribution in [-0.4, -0.2) is 20.7 Å². The van der Waals surface area contributed by atoms with Crippen LogP contribution in [0.2, 0.25) is 0 Å². The predicted molar refractivity (Wildman–Crippen MR) is 104 cm³/mol. The van der Waals surface area contributed by atoms with Crippen LogP contribution < -0.4 is 5.32 Å². The van der Waals surface area contributed by atoms with Gasteiger partial charge in [-0.05, 0) is 57.9 Å². The topological polar surface area (TPSA) is 73.0 Å². The minimum Gasteiger partial charge on any atom is -0.466 e. The first-order valence-electron chi connectivity index (χ1n) is 9.45. The summed E-state index contributed by atoms with van der Waals surface area (Å²) < 4.78 is 7.78. The number of fused-ring (bicyclic) bond motifs is 1. The smallest absolute Gasteiger partial charge is 0.259 e. The number of rotatable bonds is 3. The minimum atomic E-state index is -0.147. The molecule has 1 aliphatic heterocycles. The maximum absolute atomic E-state index is 12.6. The Morgan fingerprint density at radius 3 is 2.52 bits per heavy atom. The lowest BCUT2D eigenvalue weighted by Crippen LogP contribution is -2.13. The summed E-state index contributed by atoms with van der Waals surface area (Å²) in [5.74, 6) is 3.25. The Hall–Kier alpha value is -2.89. The molecule has 0 unspecified atom stereocenters. The number of carbonyl (C=O) groups is 1. The van der Waals surface area contributed by atoms with Gasteiger partial charge in [0.2, 0.25) is 0 Å². The Kier molecular flexibility index (Phi) is 4.56. The third kappa shape index (κ3) is 3.27. The molecule has 1 amide bonds. The number of nitrogens with one attached hydrogen (secondary N) is 1. The predicted octanol–water partition coefficient (Wildman–Crippen LogP) is 4.44. The Labute approximate surface area is 158 Å². The summed E-state index contributed by atoms with van der Waals surface area (Å²) in [5.41, 5.74) is 3.25. The maximum Gasteiger partial charge on any atom is 0.259 e. The van der Waals surface area contributed by atoms with Crippen molar-refractivity contribution in [3.63, 3.8) is 0 Å². The van der Waals surface area contributed by atoms with E-state index in [1.165, 1.54) is 12.8 Å². The zero-order valence-electron chi connectivity index (χ0n) is 16.0. The highest BCUT2D eigenvalue weighted by molar-refractivity contribution is 6.06. The summed E-state index contributed by atoms with van der Waals surface area (Å²) in [4.78, 5) is 12.6. The lowest BCUT2D eigenvalue weighted by molar-refractivity contribution is 0.102. The molecule has 0 saturated carbocycles. The molecule has 6 heteroatoms. The minimum absolute atomic E-state index is 0.147. The first-order valence-corrected chi connectivity index (χ1v) is 9.45. The average molecular weight is 364 g/mol. The second-order valence-corrected chi connectivity index (χ2v) is 7.15. The highest BCUT2D eigenvalue weighted by Gasteiger charge is 2.19. The lowest BCUT2D eigenvalue weighted by atomic mass is 10.1. The number of nitrogens with zero attached hydrogens (tertiary/aromatic N) is 3. The van der Waals surface area contributed by atoms with Gasteiger partial charge >= 0.3 is 0 Å². The zero-order chi connectivity index (χ0) is 19.0. The maximum atomic E-state index is 12.6. The lowest BCUT2D eigenvalue weighted by Gasteiger charge is -2.09.